The first-order valence-corrected chi connectivity index (χ1v) is 4.04. The van der Waals surface area contributed by atoms with E-state index in [4.69, 9.17) is 11.6 Å². The normalized spacial score (nSPS) is 10.2. The van der Waals surface area contributed by atoms with Crippen molar-refractivity contribution < 1.29 is 4.85 Å². The fourth-order valence-electron chi connectivity index (χ4n) is 1.02. The minimum atomic E-state index is 0.633. The molecule has 0 amide bonds. The molecule has 0 aliphatic carbocycles. The molecule has 5 heteroatoms. The number of aromatic nitrogens is 3. The Morgan fingerprint density at radius 1 is 1.31 bits per heavy atom. The molecule has 1 heterocycles. The van der Waals surface area contributed by atoms with Gasteiger partial charge in [-0.25, -0.2) is 0 Å². The Balaban J connectivity index is 2.47. The predicted molar refractivity (Wildman–Crippen MR) is 47.5 cm³/mol. The molecule has 0 radical (unpaired) electrons. The van der Waals surface area contributed by atoms with Crippen LogP contribution in [0.2, 0.25) is 5.02 Å². The Kier molecular flexibility index (Phi) is 1.90. The second-order valence-corrected chi connectivity index (χ2v) is 2.92. The van der Waals surface area contributed by atoms with E-state index in [-0.39, 0.29) is 0 Å². The van der Waals surface area contributed by atoms with Crippen molar-refractivity contribution in [3.8, 4) is 5.69 Å². The standard InChI is InChI=1S/C8H6ClN3O/c9-7-1-3-8(4-2-7)12-10-5-6-11(12)13/h1-6H. The lowest BCUT2D eigenvalue weighted by molar-refractivity contribution is -0.688. The molecule has 0 bridgehead atoms. The molecule has 1 aromatic carbocycles. The molecule has 13 heavy (non-hydrogen) atoms. The lowest BCUT2D eigenvalue weighted by atomic mass is 10.3. The monoisotopic (exact) mass is 195 g/mol. The van der Waals surface area contributed by atoms with Crippen LogP contribution in [0.3, 0.4) is 0 Å². The first kappa shape index (κ1) is 8.07. The van der Waals surface area contributed by atoms with E-state index in [9.17, 15) is 5.21 Å². The summed E-state index contributed by atoms with van der Waals surface area (Å²) in [4.78, 5) is 1.87. The van der Waals surface area contributed by atoms with E-state index in [1.165, 1.54) is 17.2 Å². The number of benzene rings is 1. The van der Waals surface area contributed by atoms with Gasteiger partial charge >= 0.3 is 0 Å². The van der Waals surface area contributed by atoms with Crippen LogP contribution < -0.4 is 4.85 Å². The molecule has 1 aromatic heterocycles. The fourth-order valence-corrected chi connectivity index (χ4v) is 1.14. The average molecular weight is 196 g/mol. The van der Waals surface area contributed by atoms with E-state index in [2.05, 4.69) is 5.10 Å². The Labute approximate surface area is 79.5 Å². The van der Waals surface area contributed by atoms with Gasteiger partial charge in [0, 0.05) is 10.1 Å². The predicted octanol–water partition coefficient (Wildman–Crippen LogP) is 1.16. The van der Waals surface area contributed by atoms with E-state index in [0.29, 0.717) is 15.6 Å². The van der Waals surface area contributed by atoms with Crippen molar-refractivity contribution in [1.82, 2.24) is 9.90 Å². The molecule has 0 atom stereocenters. The van der Waals surface area contributed by atoms with Crippen LogP contribution in [0.15, 0.2) is 36.7 Å². The maximum absolute atomic E-state index is 11.1. The first-order valence-electron chi connectivity index (χ1n) is 3.67. The van der Waals surface area contributed by atoms with Gasteiger partial charge in [-0.3, -0.25) is 0 Å². The van der Waals surface area contributed by atoms with Crippen molar-refractivity contribution in [1.29, 1.82) is 0 Å². The molecule has 0 N–H and O–H groups in total. The Morgan fingerprint density at radius 2 is 2.00 bits per heavy atom. The van der Waals surface area contributed by atoms with Crippen molar-refractivity contribution in [3.63, 3.8) is 0 Å². The summed E-state index contributed by atoms with van der Waals surface area (Å²) < 4.78 is 0. The largest absolute Gasteiger partial charge is 0.692 e. The second-order valence-electron chi connectivity index (χ2n) is 2.48. The topological polar surface area (TPSA) is 44.8 Å². The Morgan fingerprint density at radius 3 is 2.54 bits per heavy atom. The van der Waals surface area contributed by atoms with Crippen LogP contribution in [0.25, 0.3) is 5.69 Å². The van der Waals surface area contributed by atoms with Gasteiger partial charge in [-0.15, -0.1) is 0 Å². The molecule has 0 saturated heterocycles. The summed E-state index contributed by atoms with van der Waals surface area (Å²) in [5, 5.41) is 15.6. The van der Waals surface area contributed by atoms with E-state index in [1.54, 1.807) is 24.3 Å². The van der Waals surface area contributed by atoms with Gasteiger partial charge in [-0.05, 0) is 29.1 Å². The number of hydrogen-bond acceptors (Lipinski definition) is 2. The summed E-state index contributed by atoms with van der Waals surface area (Å²) in [5.41, 5.74) is 0.685. The highest BCUT2D eigenvalue weighted by Gasteiger charge is 2.04. The second kappa shape index (κ2) is 3.06. The maximum atomic E-state index is 11.1. The summed E-state index contributed by atoms with van der Waals surface area (Å²) in [7, 11) is 0. The lowest BCUT2D eigenvalue weighted by Crippen LogP contribution is -2.36. The Hall–Kier alpha value is -1.55. The molecule has 2 rings (SSSR count). The minimum absolute atomic E-state index is 0.633. The van der Waals surface area contributed by atoms with E-state index in [0.717, 1.165) is 0 Å². The highest BCUT2D eigenvalue weighted by atomic mass is 35.5. The van der Waals surface area contributed by atoms with Crippen LogP contribution in [-0.2, 0) is 0 Å². The molecule has 0 unspecified atom stereocenters. The fraction of sp³-hybridized carbons (Fsp3) is 0. The van der Waals surface area contributed by atoms with Crippen molar-refractivity contribution in [2.24, 2.45) is 0 Å². The third-order valence-corrected chi connectivity index (χ3v) is 1.87. The summed E-state index contributed by atoms with van der Waals surface area (Å²) in [6.45, 7) is 0. The lowest BCUT2D eigenvalue weighted by Gasteiger charge is -2.01. The van der Waals surface area contributed by atoms with Gasteiger partial charge in [0.25, 0.3) is 0 Å². The van der Waals surface area contributed by atoms with Gasteiger partial charge in [-0.1, -0.05) is 11.6 Å². The average Bonchev–Trinajstić information content (AvgIpc) is 2.53. The van der Waals surface area contributed by atoms with E-state index >= 15 is 0 Å². The number of hydrogen-bond donors (Lipinski definition) is 0. The van der Waals surface area contributed by atoms with Crippen LogP contribution in [0.1, 0.15) is 0 Å². The molecule has 4 nitrogen and oxygen atoms in total. The molecule has 0 aliphatic rings. The minimum Gasteiger partial charge on any atom is -0.692 e. The summed E-state index contributed by atoms with van der Waals surface area (Å²) >= 11 is 5.70. The van der Waals surface area contributed by atoms with Crippen molar-refractivity contribution >= 4 is 11.6 Å². The number of rotatable bonds is 1. The van der Waals surface area contributed by atoms with Gasteiger partial charge in [0.2, 0.25) is 6.20 Å². The molecule has 0 saturated carbocycles. The SMILES string of the molecule is [O-][n+]1ccnn1-c1ccc(Cl)cc1. The summed E-state index contributed by atoms with van der Waals surface area (Å²) in [6, 6.07) is 6.87. The maximum Gasteiger partial charge on any atom is 0.207 e. The smallest absolute Gasteiger partial charge is 0.207 e. The summed E-state index contributed by atoms with van der Waals surface area (Å²) in [6.07, 6.45) is 2.76. The van der Waals surface area contributed by atoms with Gasteiger partial charge < -0.3 is 5.21 Å². The van der Waals surface area contributed by atoms with Gasteiger partial charge in [-0.2, -0.15) is 4.85 Å². The third kappa shape index (κ3) is 1.48. The highest BCUT2D eigenvalue weighted by Crippen LogP contribution is 2.10. The van der Waals surface area contributed by atoms with Crippen LogP contribution in [0.5, 0.6) is 0 Å². The van der Waals surface area contributed by atoms with Crippen molar-refractivity contribution in [2.45, 2.75) is 0 Å². The van der Waals surface area contributed by atoms with Crippen molar-refractivity contribution in [3.05, 3.63) is 46.9 Å². The van der Waals surface area contributed by atoms with Crippen LogP contribution in [0, 0.1) is 5.21 Å². The van der Waals surface area contributed by atoms with Gasteiger partial charge in [0.15, 0.2) is 6.20 Å². The molecule has 66 valence electrons. The van der Waals surface area contributed by atoms with Crippen LogP contribution in [0.4, 0.5) is 0 Å². The quantitative estimate of drug-likeness (QED) is 0.506. The van der Waals surface area contributed by atoms with Crippen LogP contribution in [-0.4, -0.2) is 9.90 Å². The molecule has 0 aliphatic heterocycles. The molecule has 0 fully saturated rings. The summed E-state index contributed by atoms with van der Waals surface area (Å²) in [5.74, 6) is 0. The zero-order valence-corrected chi connectivity index (χ0v) is 7.35. The Bertz CT molecular complexity index is 410. The van der Waals surface area contributed by atoms with E-state index < -0.39 is 0 Å². The number of nitrogens with zero attached hydrogens (tertiary/aromatic N) is 3. The van der Waals surface area contributed by atoms with E-state index in [1.807, 2.05) is 0 Å². The highest BCUT2D eigenvalue weighted by molar-refractivity contribution is 6.30. The molecular weight excluding hydrogens is 190 g/mol. The van der Waals surface area contributed by atoms with Crippen molar-refractivity contribution in [2.75, 3.05) is 0 Å². The zero-order chi connectivity index (χ0) is 9.26. The first-order chi connectivity index (χ1) is 6.27. The molecule has 2 aromatic rings. The van der Waals surface area contributed by atoms with Gasteiger partial charge in [0.1, 0.15) is 5.69 Å². The molecule has 0 spiro atoms. The van der Waals surface area contributed by atoms with Gasteiger partial charge in [0.05, 0.1) is 0 Å². The number of halogens is 1. The zero-order valence-electron chi connectivity index (χ0n) is 6.59. The third-order valence-electron chi connectivity index (χ3n) is 1.61. The van der Waals surface area contributed by atoms with Crippen LogP contribution >= 0.6 is 11.6 Å². The molecular formula is C8H6ClN3O.